The zero-order valence-corrected chi connectivity index (χ0v) is 17.1. The predicted octanol–water partition coefficient (Wildman–Crippen LogP) is 3.31. The van der Waals surface area contributed by atoms with Crippen molar-refractivity contribution in [3.63, 3.8) is 0 Å². The Morgan fingerprint density at radius 1 is 1.25 bits per heavy atom. The lowest BCUT2D eigenvalue weighted by atomic mass is 10.2. The summed E-state index contributed by atoms with van der Waals surface area (Å²) in [7, 11) is 1.96. The molecule has 8 heteroatoms. The third kappa shape index (κ3) is 3.20. The van der Waals surface area contributed by atoms with Crippen LogP contribution in [-0.2, 0) is 18.4 Å². The normalized spacial score (nSPS) is 12.4. The standard InChI is InChI=1S/C20H22N6OS/c1-11-13(3)28-20-17(11)18(22-10-23-20)24-12(2)19(27)21-9-16-25-14-7-5-6-8-15(14)26(16)4/h5-8,10,12H,9H2,1-4H3,(H,21,27)(H,22,23,24)/t12-/m0/s1. The molecule has 0 aliphatic heterocycles. The second-order valence-electron chi connectivity index (χ2n) is 6.85. The zero-order chi connectivity index (χ0) is 19.8. The van der Waals surface area contributed by atoms with E-state index in [0.717, 1.165) is 32.6 Å². The number of rotatable bonds is 5. The number of fused-ring (bicyclic) bond motifs is 2. The second kappa shape index (κ2) is 7.20. The number of anilines is 1. The van der Waals surface area contributed by atoms with Crippen molar-refractivity contribution in [2.45, 2.75) is 33.4 Å². The van der Waals surface area contributed by atoms with Crippen LogP contribution in [-0.4, -0.2) is 31.5 Å². The number of benzene rings is 1. The van der Waals surface area contributed by atoms with E-state index in [1.807, 2.05) is 42.8 Å². The van der Waals surface area contributed by atoms with Crippen LogP contribution in [0.5, 0.6) is 0 Å². The van der Waals surface area contributed by atoms with Crippen LogP contribution in [0.1, 0.15) is 23.2 Å². The first kappa shape index (κ1) is 18.4. The van der Waals surface area contributed by atoms with E-state index in [1.165, 1.54) is 11.2 Å². The molecule has 1 aromatic carbocycles. The van der Waals surface area contributed by atoms with Gasteiger partial charge in [-0.1, -0.05) is 12.1 Å². The number of nitrogens with zero attached hydrogens (tertiary/aromatic N) is 4. The van der Waals surface area contributed by atoms with E-state index in [1.54, 1.807) is 11.3 Å². The Bertz CT molecular complexity index is 1180. The van der Waals surface area contributed by atoms with Gasteiger partial charge in [0.1, 0.15) is 28.8 Å². The van der Waals surface area contributed by atoms with Crippen molar-refractivity contribution in [3.05, 3.63) is 46.9 Å². The molecule has 0 saturated heterocycles. The van der Waals surface area contributed by atoms with Gasteiger partial charge in [0.05, 0.1) is 23.0 Å². The highest BCUT2D eigenvalue weighted by molar-refractivity contribution is 7.18. The molecule has 0 aliphatic rings. The van der Waals surface area contributed by atoms with Gasteiger partial charge in [-0.3, -0.25) is 4.79 Å². The largest absolute Gasteiger partial charge is 0.358 e. The Morgan fingerprint density at radius 3 is 2.82 bits per heavy atom. The summed E-state index contributed by atoms with van der Waals surface area (Å²) in [4.78, 5) is 28.0. The Kier molecular flexibility index (Phi) is 4.72. The van der Waals surface area contributed by atoms with Crippen LogP contribution >= 0.6 is 11.3 Å². The SMILES string of the molecule is Cc1sc2ncnc(N[C@@H](C)C(=O)NCc3nc4ccccc4n3C)c2c1C. The molecule has 0 saturated carbocycles. The number of aryl methyl sites for hydroxylation is 3. The molecule has 4 rings (SSSR count). The van der Waals surface area contributed by atoms with Gasteiger partial charge in [-0.15, -0.1) is 11.3 Å². The highest BCUT2D eigenvalue weighted by Crippen LogP contribution is 2.32. The minimum absolute atomic E-state index is 0.108. The van der Waals surface area contributed by atoms with E-state index in [2.05, 4.69) is 39.4 Å². The summed E-state index contributed by atoms with van der Waals surface area (Å²) in [6.45, 7) is 6.32. The lowest BCUT2D eigenvalue weighted by Gasteiger charge is -2.15. The molecular weight excluding hydrogens is 372 g/mol. The molecule has 0 spiro atoms. The van der Waals surface area contributed by atoms with Crippen molar-refractivity contribution in [3.8, 4) is 0 Å². The first-order valence-corrected chi connectivity index (χ1v) is 9.92. The van der Waals surface area contributed by atoms with Gasteiger partial charge in [0.15, 0.2) is 0 Å². The van der Waals surface area contributed by atoms with E-state index in [0.29, 0.717) is 12.4 Å². The Balaban J connectivity index is 1.47. The van der Waals surface area contributed by atoms with Crippen molar-refractivity contribution < 1.29 is 4.79 Å². The molecule has 4 aromatic rings. The fourth-order valence-corrected chi connectivity index (χ4v) is 4.23. The third-order valence-corrected chi connectivity index (χ3v) is 6.13. The fourth-order valence-electron chi connectivity index (χ4n) is 3.24. The van der Waals surface area contributed by atoms with E-state index < -0.39 is 6.04 Å². The number of para-hydroxylation sites is 2. The lowest BCUT2D eigenvalue weighted by Crippen LogP contribution is -2.37. The number of amides is 1. The van der Waals surface area contributed by atoms with Gasteiger partial charge < -0.3 is 15.2 Å². The summed E-state index contributed by atoms with van der Waals surface area (Å²) in [5.74, 6) is 1.40. The smallest absolute Gasteiger partial charge is 0.242 e. The van der Waals surface area contributed by atoms with E-state index in [9.17, 15) is 4.79 Å². The lowest BCUT2D eigenvalue weighted by molar-refractivity contribution is -0.121. The molecule has 0 fully saturated rings. The number of hydrogen-bond acceptors (Lipinski definition) is 6. The summed E-state index contributed by atoms with van der Waals surface area (Å²) >= 11 is 1.64. The molecule has 2 N–H and O–H groups in total. The average molecular weight is 395 g/mol. The second-order valence-corrected chi connectivity index (χ2v) is 8.05. The van der Waals surface area contributed by atoms with Crippen LogP contribution in [0.4, 0.5) is 5.82 Å². The maximum absolute atomic E-state index is 12.6. The van der Waals surface area contributed by atoms with E-state index >= 15 is 0 Å². The topological polar surface area (TPSA) is 84.7 Å². The number of aromatic nitrogens is 4. The van der Waals surface area contributed by atoms with Crippen LogP contribution < -0.4 is 10.6 Å². The summed E-state index contributed by atoms with van der Waals surface area (Å²) in [5, 5.41) is 7.18. The van der Waals surface area contributed by atoms with Gasteiger partial charge in [0, 0.05) is 11.9 Å². The van der Waals surface area contributed by atoms with Crippen LogP contribution in [0.15, 0.2) is 30.6 Å². The molecule has 1 amide bonds. The van der Waals surface area contributed by atoms with Crippen molar-refractivity contribution in [2.24, 2.45) is 7.05 Å². The van der Waals surface area contributed by atoms with Gasteiger partial charge in [-0.25, -0.2) is 15.0 Å². The van der Waals surface area contributed by atoms with Gasteiger partial charge in [-0.05, 0) is 38.5 Å². The van der Waals surface area contributed by atoms with E-state index in [4.69, 9.17) is 0 Å². The maximum Gasteiger partial charge on any atom is 0.242 e. The molecule has 0 radical (unpaired) electrons. The molecule has 0 unspecified atom stereocenters. The highest BCUT2D eigenvalue weighted by Gasteiger charge is 2.18. The Morgan fingerprint density at radius 2 is 2.04 bits per heavy atom. The van der Waals surface area contributed by atoms with Crippen molar-refractivity contribution in [2.75, 3.05) is 5.32 Å². The van der Waals surface area contributed by atoms with Gasteiger partial charge in [-0.2, -0.15) is 0 Å². The minimum atomic E-state index is -0.438. The Hall–Kier alpha value is -3.00. The van der Waals surface area contributed by atoms with Crippen LogP contribution in [0.3, 0.4) is 0 Å². The molecule has 28 heavy (non-hydrogen) atoms. The fraction of sp³-hybridized carbons (Fsp3) is 0.300. The highest BCUT2D eigenvalue weighted by atomic mass is 32.1. The first-order chi connectivity index (χ1) is 13.5. The quantitative estimate of drug-likeness (QED) is 0.542. The maximum atomic E-state index is 12.6. The molecule has 3 heterocycles. The van der Waals surface area contributed by atoms with Crippen molar-refractivity contribution in [1.82, 2.24) is 24.8 Å². The first-order valence-electron chi connectivity index (χ1n) is 9.11. The van der Waals surface area contributed by atoms with Crippen LogP contribution in [0, 0.1) is 13.8 Å². The number of carbonyl (C=O) groups excluding carboxylic acids is 1. The zero-order valence-electron chi connectivity index (χ0n) is 16.3. The number of hydrogen-bond donors (Lipinski definition) is 2. The third-order valence-electron chi connectivity index (χ3n) is 5.01. The Labute approximate surface area is 166 Å². The summed E-state index contributed by atoms with van der Waals surface area (Å²) in [6.07, 6.45) is 1.53. The van der Waals surface area contributed by atoms with Crippen LogP contribution in [0.25, 0.3) is 21.3 Å². The van der Waals surface area contributed by atoms with Gasteiger partial charge in [0.25, 0.3) is 0 Å². The summed E-state index contributed by atoms with van der Waals surface area (Å²) < 4.78 is 2.00. The number of nitrogens with one attached hydrogen (secondary N) is 2. The molecule has 144 valence electrons. The molecular formula is C20H22N6OS. The summed E-state index contributed by atoms with van der Waals surface area (Å²) in [5.41, 5.74) is 3.12. The molecule has 3 aromatic heterocycles. The molecule has 1 atom stereocenters. The number of carbonyl (C=O) groups is 1. The van der Waals surface area contributed by atoms with E-state index in [-0.39, 0.29) is 5.91 Å². The molecule has 0 aliphatic carbocycles. The van der Waals surface area contributed by atoms with Crippen molar-refractivity contribution >= 4 is 44.3 Å². The molecule has 7 nitrogen and oxygen atoms in total. The molecule has 0 bridgehead atoms. The van der Waals surface area contributed by atoms with Gasteiger partial charge in [0.2, 0.25) is 5.91 Å². The van der Waals surface area contributed by atoms with Gasteiger partial charge >= 0.3 is 0 Å². The predicted molar refractivity (Wildman–Crippen MR) is 113 cm³/mol. The monoisotopic (exact) mass is 394 g/mol. The van der Waals surface area contributed by atoms with Crippen molar-refractivity contribution in [1.29, 1.82) is 0 Å². The summed E-state index contributed by atoms with van der Waals surface area (Å²) in [6, 6.07) is 7.49. The van der Waals surface area contributed by atoms with Crippen LogP contribution in [0.2, 0.25) is 0 Å². The minimum Gasteiger partial charge on any atom is -0.358 e. The average Bonchev–Trinajstić information content (AvgIpc) is 3.17. The number of thiophene rings is 1. The number of imidazole rings is 1.